The lowest BCUT2D eigenvalue weighted by molar-refractivity contribution is -0.385. The predicted octanol–water partition coefficient (Wildman–Crippen LogP) is 2.33. The Morgan fingerprint density at radius 1 is 1.42 bits per heavy atom. The number of halogens is 1. The molecular weight excluding hydrogens is 251 g/mol. The van der Waals surface area contributed by atoms with Gasteiger partial charge >= 0.3 is 0 Å². The number of nitro benzene ring substituents is 1. The normalized spacial score (nSPS) is 11.9. The summed E-state index contributed by atoms with van der Waals surface area (Å²) < 4.78 is 13.3. The molecule has 6 heteroatoms. The third-order valence-corrected chi connectivity index (χ3v) is 2.62. The van der Waals surface area contributed by atoms with E-state index in [2.05, 4.69) is 0 Å². The van der Waals surface area contributed by atoms with Crippen LogP contribution in [0.15, 0.2) is 18.2 Å². The van der Waals surface area contributed by atoms with E-state index in [0.717, 1.165) is 6.07 Å². The van der Waals surface area contributed by atoms with Gasteiger partial charge in [-0.2, -0.15) is 0 Å². The molecule has 0 saturated heterocycles. The first kappa shape index (κ1) is 15.5. The molecule has 0 saturated carbocycles. The van der Waals surface area contributed by atoms with Gasteiger partial charge in [-0.15, -0.1) is 0 Å². The van der Waals surface area contributed by atoms with Gasteiger partial charge in [0.25, 0.3) is 5.69 Å². The first-order valence-electron chi connectivity index (χ1n) is 6.10. The molecule has 0 aliphatic heterocycles. The van der Waals surface area contributed by atoms with Crippen molar-refractivity contribution in [2.75, 3.05) is 13.1 Å². The Kier molecular flexibility index (Phi) is 4.97. The molecule has 0 amide bonds. The van der Waals surface area contributed by atoms with Crippen molar-refractivity contribution in [1.29, 1.82) is 0 Å². The summed E-state index contributed by atoms with van der Waals surface area (Å²) in [4.78, 5) is 12.0. The van der Waals surface area contributed by atoms with E-state index in [1.54, 1.807) is 13.8 Å². The van der Waals surface area contributed by atoms with Gasteiger partial charge in [0.05, 0.1) is 16.6 Å². The third kappa shape index (κ3) is 5.32. The summed E-state index contributed by atoms with van der Waals surface area (Å²) in [5.74, 6) is -0.622. The van der Waals surface area contributed by atoms with Crippen LogP contribution in [0.25, 0.3) is 0 Å². The Hall–Kier alpha value is -1.53. The first-order valence-corrected chi connectivity index (χ1v) is 6.10. The molecule has 0 radical (unpaired) electrons. The van der Waals surface area contributed by atoms with E-state index in [1.165, 1.54) is 12.1 Å². The van der Waals surface area contributed by atoms with Crippen LogP contribution in [0.3, 0.4) is 0 Å². The highest BCUT2D eigenvalue weighted by molar-refractivity contribution is 5.35. The van der Waals surface area contributed by atoms with Crippen molar-refractivity contribution in [2.45, 2.75) is 32.9 Å². The quantitative estimate of drug-likeness (QED) is 0.636. The molecule has 19 heavy (non-hydrogen) atoms. The van der Waals surface area contributed by atoms with Gasteiger partial charge < -0.3 is 5.11 Å². The van der Waals surface area contributed by atoms with Crippen LogP contribution in [0.4, 0.5) is 10.1 Å². The molecule has 0 aromatic heterocycles. The van der Waals surface area contributed by atoms with Crippen LogP contribution in [0.2, 0.25) is 0 Å². The van der Waals surface area contributed by atoms with Gasteiger partial charge in [-0.3, -0.25) is 15.0 Å². The van der Waals surface area contributed by atoms with Crippen LogP contribution >= 0.6 is 0 Å². The molecule has 0 aliphatic carbocycles. The zero-order valence-corrected chi connectivity index (χ0v) is 11.4. The van der Waals surface area contributed by atoms with Gasteiger partial charge in [-0.1, -0.05) is 6.92 Å². The molecule has 1 aromatic carbocycles. The lowest BCUT2D eigenvalue weighted by Gasteiger charge is -2.27. The highest BCUT2D eigenvalue weighted by Crippen LogP contribution is 2.18. The topological polar surface area (TPSA) is 66.6 Å². The zero-order valence-electron chi connectivity index (χ0n) is 11.4. The van der Waals surface area contributed by atoms with E-state index in [4.69, 9.17) is 0 Å². The SMILES string of the molecule is CCN(Cc1cc(F)cc([N+](=O)[O-])c1)CC(C)(C)O. The molecule has 5 nitrogen and oxygen atoms in total. The van der Waals surface area contributed by atoms with Gasteiger partial charge in [0.1, 0.15) is 5.82 Å². The monoisotopic (exact) mass is 270 g/mol. The van der Waals surface area contributed by atoms with Crippen molar-refractivity contribution < 1.29 is 14.4 Å². The van der Waals surface area contributed by atoms with Gasteiger partial charge in [-0.05, 0) is 32.0 Å². The Balaban J connectivity index is 2.88. The van der Waals surface area contributed by atoms with E-state index in [1.807, 2.05) is 11.8 Å². The number of non-ortho nitro benzene ring substituents is 1. The predicted molar refractivity (Wildman–Crippen MR) is 70.3 cm³/mol. The number of likely N-dealkylation sites (N-methyl/N-ethyl adjacent to an activating group) is 1. The zero-order chi connectivity index (χ0) is 14.6. The molecule has 0 unspecified atom stereocenters. The van der Waals surface area contributed by atoms with E-state index in [9.17, 15) is 19.6 Å². The van der Waals surface area contributed by atoms with Gasteiger partial charge in [0.15, 0.2) is 0 Å². The first-order chi connectivity index (χ1) is 8.71. The van der Waals surface area contributed by atoms with Crippen molar-refractivity contribution in [2.24, 2.45) is 0 Å². The van der Waals surface area contributed by atoms with Crippen molar-refractivity contribution >= 4 is 5.69 Å². The number of rotatable bonds is 6. The lowest BCUT2D eigenvalue weighted by Crippen LogP contribution is -2.38. The fourth-order valence-electron chi connectivity index (χ4n) is 1.91. The molecule has 0 aliphatic rings. The average molecular weight is 270 g/mol. The molecule has 0 atom stereocenters. The number of nitro groups is 1. The minimum absolute atomic E-state index is 0.255. The third-order valence-electron chi connectivity index (χ3n) is 2.62. The highest BCUT2D eigenvalue weighted by Gasteiger charge is 2.18. The minimum atomic E-state index is -0.866. The number of hydrogen-bond donors (Lipinski definition) is 1. The standard InChI is InChI=1S/C13H19FN2O3/c1-4-15(9-13(2,3)17)8-10-5-11(14)7-12(6-10)16(18)19/h5-7,17H,4,8-9H2,1-3H3. The summed E-state index contributed by atoms with van der Waals surface area (Å²) in [6.07, 6.45) is 0. The molecule has 1 N–H and O–H groups in total. The molecule has 0 spiro atoms. The number of nitrogens with zero attached hydrogens (tertiary/aromatic N) is 2. The van der Waals surface area contributed by atoms with Crippen LogP contribution in [-0.4, -0.2) is 33.6 Å². The Morgan fingerprint density at radius 2 is 2.05 bits per heavy atom. The fourth-order valence-corrected chi connectivity index (χ4v) is 1.91. The number of hydrogen-bond acceptors (Lipinski definition) is 4. The maximum Gasteiger partial charge on any atom is 0.272 e. The summed E-state index contributed by atoms with van der Waals surface area (Å²) in [5.41, 5.74) is -0.595. The Bertz CT molecular complexity index is 458. The average Bonchev–Trinajstić information content (AvgIpc) is 2.25. The Labute approximate surface area is 111 Å². The second-order valence-electron chi connectivity index (χ2n) is 5.19. The molecule has 0 heterocycles. The summed E-state index contributed by atoms with van der Waals surface area (Å²) in [6.45, 7) is 6.72. The summed E-state index contributed by atoms with van der Waals surface area (Å²) in [5, 5.41) is 20.4. The van der Waals surface area contributed by atoms with Gasteiger partial charge in [0.2, 0.25) is 0 Å². The highest BCUT2D eigenvalue weighted by atomic mass is 19.1. The second-order valence-corrected chi connectivity index (χ2v) is 5.19. The minimum Gasteiger partial charge on any atom is -0.389 e. The summed E-state index contributed by atoms with van der Waals surface area (Å²) in [7, 11) is 0. The molecule has 1 aromatic rings. The van der Waals surface area contributed by atoms with E-state index in [0.29, 0.717) is 25.2 Å². The van der Waals surface area contributed by atoms with Crippen LogP contribution in [0, 0.1) is 15.9 Å². The van der Waals surface area contributed by atoms with Crippen molar-refractivity contribution in [1.82, 2.24) is 4.90 Å². The van der Waals surface area contributed by atoms with Crippen LogP contribution in [-0.2, 0) is 6.54 Å². The molecular formula is C13H19FN2O3. The van der Waals surface area contributed by atoms with Crippen LogP contribution in [0.1, 0.15) is 26.3 Å². The van der Waals surface area contributed by atoms with E-state index < -0.39 is 16.3 Å². The number of aliphatic hydroxyl groups is 1. The second kappa shape index (κ2) is 6.08. The lowest BCUT2D eigenvalue weighted by atomic mass is 10.1. The summed E-state index contributed by atoms with van der Waals surface area (Å²) in [6, 6.07) is 3.53. The maximum atomic E-state index is 13.3. The molecule has 1 rings (SSSR count). The van der Waals surface area contributed by atoms with Crippen molar-refractivity contribution in [3.05, 3.63) is 39.7 Å². The van der Waals surface area contributed by atoms with Crippen molar-refractivity contribution in [3.8, 4) is 0 Å². The van der Waals surface area contributed by atoms with Crippen LogP contribution < -0.4 is 0 Å². The smallest absolute Gasteiger partial charge is 0.272 e. The Morgan fingerprint density at radius 3 is 2.53 bits per heavy atom. The van der Waals surface area contributed by atoms with Gasteiger partial charge in [0, 0.05) is 19.2 Å². The molecule has 0 fully saturated rings. The van der Waals surface area contributed by atoms with E-state index in [-0.39, 0.29) is 5.69 Å². The summed E-state index contributed by atoms with van der Waals surface area (Å²) >= 11 is 0. The van der Waals surface area contributed by atoms with E-state index >= 15 is 0 Å². The van der Waals surface area contributed by atoms with Gasteiger partial charge in [-0.25, -0.2) is 4.39 Å². The van der Waals surface area contributed by atoms with Crippen molar-refractivity contribution in [3.63, 3.8) is 0 Å². The molecule has 106 valence electrons. The molecule has 0 bridgehead atoms. The maximum absolute atomic E-state index is 13.3. The van der Waals surface area contributed by atoms with Crippen LogP contribution in [0.5, 0.6) is 0 Å². The number of benzene rings is 1. The fraction of sp³-hybridized carbons (Fsp3) is 0.538. The largest absolute Gasteiger partial charge is 0.389 e.